The molecule has 0 radical (unpaired) electrons. The second-order valence-electron chi connectivity index (χ2n) is 6.04. The fourth-order valence-electron chi connectivity index (χ4n) is 2.72. The lowest BCUT2D eigenvalue weighted by atomic mass is 10.1. The normalized spacial score (nSPS) is 12.2. The number of nitrogens with zero attached hydrogens (tertiary/aromatic N) is 1. The summed E-state index contributed by atoms with van der Waals surface area (Å²) in [5.41, 5.74) is 4.08. The number of esters is 1. The SMILES string of the molecule is COC(=O)c1ccc(-c2ccc(/C=N\NC(=O)c3ccc4c(c3)OCO4)o2)cc1. The van der Waals surface area contributed by atoms with Crippen molar-refractivity contribution in [3.05, 3.63) is 71.5 Å². The average Bonchev–Trinajstić information content (AvgIpc) is 3.42. The Morgan fingerprint density at radius 3 is 2.55 bits per heavy atom. The topological polar surface area (TPSA) is 99.4 Å². The van der Waals surface area contributed by atoms with Gasteiger partial charge in [0.05, 0.1) is 18.9 Å². The summed E-state index contributed by atoms with van der Waals surface area (Å²) < 4.78 is 20.8. The molecule has 1 aliphatic heterocycles. The van der Waals surface area contributed by atoms with Crippen LogP contribution < -0.4 is 14.9 Å². The molecule has 0 aliphatic carbocycles. The van der Waals surface area contributed by atoms with Gasteiger partial charge in [-0.2, -0.15) is 5.10 Å². The summed E-state index contributed by atoms with van der Waals surface area (Å²) >= 11 is 0. The van der Waals surface area contributed by atoms with Gasteiger partial charge in [0, 0.05) is 11.1 Å². The Kier molecular flexibility index (Phi) is 4.98. The monoisotopic (exact) mass is 392 g/mol. The Balaban J connectivity index is 1.39. The highest BCUT2D eigenvalue weighted by molar-refractivity contribution is 5.95. The predicted molar refractivity (Wildman–Crippen MR) is 103 cm³/mol. The molecule has 1 N–H and O–H groups in total. The van der Waals surface area contributed by atoms with Crippen LogP contribution in [0.5, 0.6) is 11.5 Å². The predicted octanol–water partition coefficient (Wildman–Crippen LogP) is 3.23. The number of hydrogen-bond donors (Lipinski definition) is 1. The van der Waals surface area contributed by atoms with Crippen LogP contribution in [0, 0.1) is 0 Å². The van der Waals surface area contributed by atoms with Crippen LogP contribution in [-0.4, -0.2) is 32.0 Å². The summed E-state index contributed by atoms with van der Waals surface area (Å²) in [5.74, 6) is 1.41. The number of fused-ring (bicyclic) bond motifs is 1. The van der Waals surface area contributed by atoms with Gasteiger partial charge in [0.25, 0.3) is 5.91 Å². The molecule has 1 aliphatic rings. The lowest BCUT2D eigenvalue weighted by Gasteiger charge is -2.01. The van der Waals surface area contributed by atoms with Gasteiger partial charge in [-0.15, -0.1) is 0 Å². The van der Waals surface area contributed by atoms with Crippen molar-refractivity contribution >= 4 is 18.1 Å². The fourth-order valence-corrected chi connectivity index (χ4v) is 2.72. The largest absolute Gasteiger partial charge is 0.465 e. The molecule has 29 heavy (non-hydrogen) atoms. The van der Waals surface area contributed by atoms with Gasteiger partial charge in [-0.3, -0.25) is 4.79 Å². The third kappa shape index (κ3) is 3.96. The van der Waals surface area contributed by atoms with Crippen LogP contribution in [0.3, 0.4) is 0 Å². The van der Waals surface area contributed by atoms with E-state index in [1.54, 1.807) is 54.6 Å². The van der Waals surface area contributed by atoms with E-state index in [0.29, 0.717) is 34.1 Å². The minimum Gasteiger partial charge on any atom is -0.465 e. The smallest absolute Gasteiger partial charge is 0.337 e. The van der Waals surface area contributed by atoms with Crippen LogP contribution in [0.25, 0.3) is 11.3 Å². The third-order valence-electron chi connectivity index (χ3n) is 4.21. The van der Waals surface area contributed by atoms with E-state index in [1.165, 1.54) is 13.3 Å². The zero-order chi connectivity index (χ0) is 20.2. The van der Waals surface area contributed by atoms with Gasteiger partial charge in [0.15, 0.2) is 11.5 Å². The molecule has 146 valence electrons. The average molecular weight is 392 g/mol. The number of nitrogens with one attached hydrogen (secondary N) is 1. The summed E-state index contributed by atoms with van der Waals surface area (Å²) in [6.07, 6.45) is 1.40. The standard InChI is InChI=1S/C21H16N2O6/c1-26-21(25)14-4-2-13(3-5-14)17-9-7-16(29-17)11-22-23-20(24)15-6-8-18-19(10-15)28-12-27-18/h2-11H,12H2,1H3,(H,23,24)/b22-11-. The van der Waals surface area contributed by atoms with E-state index in [2.05, 4.69) is 15.3 Å². The van der Waals surface area contributed by atoms with Gasteiger partial charge in [-0.25, -0.2) is 10.2 Å². The Hall–Kier alpha value is -4.07. The zero-order valence-electron chi connectivity index (χ0n) is 15.4. The summed E-state index contributed by atoms with van der Waals surface area (Å²) in [7, 11) is 1.33. The molecule has 4 rings (SSSR count). The quantitative estimate of drug-likeness (QED) is 0.407. The number of rotatable bonds is 5. The summed E-state index contributed by atoms with van der Waals surface area (Å²) in [5, 5.41) is 3.92. The molecule has 0 bridgehead atoms. The van der Waals surface area contributed by atoms with Crippen molar-refractivity contribution in [1.29, 1.82) is 0 Å². The lowest BCUT2D eigenvalue weighted by Crippen LogP contribution is -2.17. The molecule has 2 aromatic carbocycles. The fraction of sp³-hybridized carbons (Fsp3) is 0.0952. The van der Waals surface area contributed by atoms with Crippen LogP contribution in [0.2, 0.25) is 0 Å². The molecule has 2 heterocycles. The molecule has 0 spiro atoms. The first kappa shape index (κ1) is 18.3. The van der Waals surface area contributed by atoms with Gasteiger partial charge >= 0.3 is 5.97 Å². The van der Waals surface area contributed by atoms with Gasteiger partial charge in [-0.1, -0.05) is 12.1 Å². The highest BCUT2D eigenvalue weighted by Gasteiger charge is 2.16. The molecule has 0 atom stereocenters. The number of carbonyl (C=O) groups excluding carboxylic acids is 2. The van der Waals surface area contributed by atoms with E-state index in [0.717, 1.165) is 5.56 Å². The van der Waals surface area contributed by atoms with Crippen LogP contribution in [0.15, 0.2) is 64.1 Å². The van der Waals surface area contributed by atoms with Crippen molar-refractivity contribution in [2.75, 3.05) is 13.9 Å². The van der Waals surface area contributed by atoms with Crippen molar-refractivity contribution in [3.63, 3.8) is 0 Å². The molecular formula is C21H16N2O6. The Morgan fingerprint density at radius 1 is 1.00 bits per heavy atom. The molecule has 1 amide bonds. The summed E-state index contributed by atoms with van der Waals surface area (Å²) in [6, 6.07) is 15.2. The maximum absolute atomic E-state index is 12.2. The van der Waals surface area contributed by atoms with Crippen molar-refractivity contribution in [2.24, 2.45) is 5.10 Å². The highest BCUT2D eigenvalue weighted by Crippen LogP contribution is 2.32. The molecule has 0 unspecified atom stereocenters. The molecule has 3 aromatic rings. The van der Waals surface area contributed by atoms with Gasteiger partial charge in [0.1, 0.15) is 11.5 Å². The van der Waals surface area contributed by atoms with Crippen molar-refractivity contribution in [3.8, 4) is 22.8 Å². The first-order chi connectivity index (χ1) is 14.1. The molecule has 8 nitrogen and oxygen atoms in total. The number of amides is 1. The molecule has 0 saturated heterocycles. The van der Waals surface area contributed by atoms with E-state index < -0.39 is 5.97 Å². The van der Waals surface area contributed by atoms with E-state index >= 15 is 0 Å². The van der Waals surface area contributed by atoms with E-state index in [1.807, 2.05) is 0 Å². The lowest BCUT2D eigenvalue weighted by molar-refractivity contribution is 0.0600. The number of methoxy groups -OCH3 is 1. The van der Waals surface area contributed by atoms with Crippen molar-refractivity contribution in [1.82, 2.24) is 5.43 Å². The maximum Gasteiger partial charge on any atom is 0.337 e. The van der Waals surface area contributed by atoms with E-state index in [9.17, 15) is 9.59 Å². The minimum absolute atomic E-state index is 0.144. The van der Waals surface area contributed by atoms with Gasteiger partial charge in [-0.05, 0) is 42.5 Å². The summed E-state index contributed by atoms with van der Waals surface area (Å²) in [4.78, 5) is 23.7. The molecule has 0 fully saturated rings. The summed E-state index contributed by atoms with van der Waals surface area (Å²) in [6.45, 7) is 0.144. The molecule has 1 aromatic heterocycles. The number of furan rings is 1. The molecular weight excluding hydrogens is 376 g/mol. The van der Waals surface area contributed by atoms with Gasteiger partial charge < -0.3 is 18.6 Å². The number of hydrogen-bond acceptors (Lipinski definition) is 7. The highest BCUT2D eigenvalue weighted by atomic mass is 16.7. The number of hydrazone groups is 1. The van der Waals surface area contributed by atoms with E-state index in [-0.39, 0.29) is 12.7 Å². The minimum atomic E-state index is -0.401. The molecule has 0 saturated carbocycles. The first-order valence-corrected chi connectivity index (χ1v) is 8.66. The second kappa shape index (κ2) is 7.89. The maximum atomic E-state index is 12.2. The Morgan fingerprint density at radius 2 is 1.76 bits per heavy atom. The number of benzene rings is 2. The number of ether oxygens (including phenoxy) is 3. The van der Waals surface area contributed by atoms with Crippen molar-refractivity contribution in [2.45, 2.75) is 0 Å². The first-order valence-electron chi connectivity index (χ1n) is 8.66. The molecule has 8 heteroatoms. The third-order valence-corrected chi connectivity index (χ3v) is 4.21. The van der Waals surface area contributed by atoms with Crippen LogP contribution in [0.4, 0.5) is 0 Å². The van der Waals surface area contributed by atoms with E-state index in [4.69, 9.17) is 13.9 Å². The van der Waals surface area contributed by atoms with Crippen LogP contribution >= 0.6 is 0 Å². The number of carbonyl (C=O) groups is 2. The van der Waals surface area contributed by atoms with Gasteiger partial charge in [0.2, 0.25) is 6.79 Å². The Labute approximate surface area is 165 Å². The second-order valence-corrected chi connectivity index (χ2v) is 6.04. The van der Waals surface area contributed by atoms with Crippen molar-refractivity contribution < 1.29 is 28.2 Å². The zero-order valence-corrected chi connectivity index (χ0v) is 15.4. The van der Waals surface area contributed by atoms with Crippen LogP contribution in [-0.2, 0) is 4.74 Å². The van der Waals surface area contributed by atoms with Crippen LogP contribution in [0.1, 0.15) is 26.5 Å². The Bertz CT molecular complexity index is 1080.